The SMILES string of the molecule is CC1=C(C(=O)Nc2ccccc2)[C@H](c2cc(CN3CCOCC3)cs2)C2=C(CC(C)(C)CC2=O)N1. The van der Waals surface area contributed by atoms with E-state index in [1.54, 1.807) is 11.3 Å². The topological polar surface area (TPSA) is 70.7 Å². The third-order valence-corrected chi connectivity index (χ3v) is 8.03. The van der Waals surface area contributed by atoms with Crippen molar-refractivity contribution in [3.8, 4) is 0 Å². The molecule has 7 heteroatoms. The Morgan fingerprint density at radius 3 is 2.69 bits per heavy atom. The summed E-state index contributed by atoms with van der Waals surface area (Å²) >= 11 is 1.65. The van der Waals surface area contributed by atoms with Gasteiger partial charge in [0.2, 0.25) is 0 Å². The second kappa shape index (κ2) is 9.72. The van der Waals surface area contributed by atoms with Crippen LogP contribution in [-0.4, -0.2) is 42.9 Å². The second-order valence-corrected chi connectivity index (χ2v) is 11.4. The van der Waals surface area contributed by atoms with E-state index in [0.29, 0.717) is 12.0 Å². The highest BCUT2D eigenvalue weighted by Gasteiger charge is 2.43. The molecule has 35 heavy (non-hydrogen) atoms. The molecule has 0 bridgehead atoms. The number of hydrogen-bond acceptors (Lipinski definition) is 6. The predicted molar refractivity (Wildman–Crippen MR) is 139 cm³/mol. The average molecular weight is 492 g/mol. The molecule has 1 fully saturated rings. The van der Waals surface area contributed by atoms with Crippen LogP contribution < -0.4 is 10.6 Å². The van der Waals surface area contributed by atoms with Crippen molar-refractivity contribution in [2.45, 2.75) is 46.1 Å². The number of nitrogens with one attached hydrogen (secondary N) is 2. The first-order valence-corrected chi connectivity index (χ1v) is 13.2. The number of ether oxygens (including phenoxy) is 1. The molecule has 0 saturated carbocycles. The number of dihydropyridines is 1. The third-order valence-electron chi connectivity index (χ3n) is 6.98. The molecular formula is C28H33N3O3S. The number of carbonyl (C=O) groups excluding carboxylic acids is 2. The minimum absolute atomic E-state index is 0.103. The first kappa shape index (κ1) is 24.0. The quantitative estimate of drug-likeness (QED) is 0.627. The molecule has 0 unspecified atom stereocenters. The monoisotopic (exact) mass is 491 g/mol. The van der Waals surface area contributed by atoms with Crippen molar-refractivity contribution >= 4 is 28.7 Å². The highest BCUT2D eigenvalue weighted by molar-refractivity contribution is 7.10. The van der Waals surface area contributed by atoms with E-state index in [2.05, 4.69) is 40.8 Å². The minimum atomic E-state index is -0.359. The van der Waals surface area contributed by atoms with Crippen LogP contribution in [0.4, 0.5) is 5.69 Å². The minimum Gasteiger partial charge on any atom is -0.379 e. The number of benzene rings is 1. The lowest BCUT2D eigenvalue weighted by molar-refractivity contribution is -0.118. The third kappa shape index (κ3) is 5.13. The number of carbonyl (C=O) groups is 2. The van der Waals surface area contributed by atoms with Gasteiger partial charge in [-0.1, -0.05) is 32.0 Å². The lowest BCUT2D eigenvalue weighted by Gasteiger charge is -2.39. The second-order valence-electron chi connectivity index (χ2n) is 10.5. The fourth-order valence-corrected chi connectivity index (χ4v) is 6.41. The summed E-state index contributed by atoms with van der Waals surface area (Å²) < 4.78 is 5.49. The van der Waals surface area contributed by atoms with Crippen LogP contribution in [0.25, 0.3) is 0 Å². The largest absolute Gasteiger partial charge is 0.379 e. The molecule has 2 aromatic rings. The summed E-state index contributed by atoms with van der Waals surface area (Å²) in [6, 6.07) is 11.7. The van der Waals surface area contributed by atoms with Gasteiger partial charge in [-0.05, 0) is 47.9 Å². The van der Waals surface area contributed by atoms with Gasteiger partial charge in [0.25, 0.3) is 5.91 Å². The van der Waals surface area contributed by atoms with Gasteiger partial charge in [0.05, 0.1) is 19.1 Å². The van der Waals surface area contributed by atoms with Gasteiger partial charge in [0, 0.05) is 59.2 Å². The number of anilines is 1. The lowest BCUT2D eigenvalue weighted by Crippen LogP contribution is -2.39. The van der Waals surface area contributed by atoms with E-state index >= 15 is 0 Å². The van der Waals surface area contributed by atoms with Crippen molar-refractivity contribution in [3.63, 3.8) is 0 Å². The molecule has 1 atom stereocenters. The molecule has 1 aromatic carbocycles. The van der Waals surface area contributed by atoms with Crippen LogP contribution in [-0.2, 0) is 20.9 Å². The average Bonchev–Trinajstić information content (AvgIpc) is 3.26. The zero-order valence-corrected chi connectivity index (χ0v) is 21.5. The lowest BCUT2D eigenvalue weighted by atomic mass is 9.69. The van der Waals surface area contributed by atoms with Crippen molar-refractivity contribution in [2.24, 2.45) is 5.41 Å². The Labute approximate surface area is 211 Å². The Bertz CT molecular complexity index is 1190. The Kier molecular flexibility index (Phi) is 6.66. The zero-order valence-electron chi connectivity index (χ0n) is 20.6. The summed E-state index contributed by atoms with van der Waals surface area (Å²) in [5.74, 6) is -0.394. The maximum Gasteiger partial charge on any atom is 0.254 e. The van der Waals surface area contributed by atoms with Crippen LogP contribution in [0.1, 0.15) is 50.0 Å². The molecule has 5 rings (SSSR count). The molecule has 1 aromatic heterocycles. The van der Waals surface area contributed by atoms with E-state index in [0.717, 1.165) is 66.8 Å². The molecule has 0 spiro atoms. The first-order valence-electron chi connectivity index (χ1n) is 12.3. The standard InChI is InChI=1S/C28H33N3O3S/c1-18-24(27(33)30-20-7-5-4-6-8-20)26(25-21(29-18)14-28(2,3)15-22(25)32)23-13-19(17-35-23)16-31-9-11-34-12-10-31/h4-8,13,17,26,29H,9-12,14-16H2,1-3H3,(H,30,33)/t26-/m0/s1. The summed E-state index contributed by atoms with van der Waals surface area (Å²) in [5, 5.41) is 8.68. The number of morpholine rings is 1. The normalized spacial score (nSPS) is 22.6. The van der Waals surface area contributed by atoms with E-state index in [1.807, 2.05) is 37.3 Å². The van der Waals surface area contributed by atoms with Gasteiger partial charge >= 0.3 is 0 Å². The van der Waals surface area contributed by atoms with Crippen LogP contribution >= 0.6 is 11.3 Å². The Hall–Kier alpha value is -2.74. The number of ketones is 1. The number of para-hydroxylation sites is 1. The molecule has 2 N–H and O–H groups in total. The van der Waals surface area contributed by atoms with Crippen LogP contribution in [0.2, 0.25) is 0 Å². The first-order chi connectivity index (χ1) is 16.8. The van der Waals surface area contributed by atoms with Crippen molar-refractivity contribution in [2.75, 3.05) is 31.6 Å². The van der Waals surface area contributed by atoms with Gasteiger partial charge in [-0.15, -0.1) is 11.3 Å². The van der Waals surface area contributed by atoms with Gasteiger partial charge in [-0.2, -0.15) is 0 Å². The molecular weight excluding hydrogens is 458 g/mol. The molecule has 0 radical (unpaired) electrons. The van der Waals surface area contributed by atoms with Gasteiger partial charge in [-0.3, -0.25) is 14.5 Å². The van der Waals surface area contributed by atoms with Crippen LogP contribution in [0.15, 0.2) is 64.3 Å². The van der Waals surface area contributed by atoms with Crippen molar-refractivity contribution in [1.82, 2.24) is 10.2 Å². The Morgan fingerprint density at radius 2 is 1.94 bits per heavy atom. The number of Topliss-reactive ketones (excluding diaryl/α,β-unsaturated/α-hetero) is 1. The zero-order chi connectivity index (χ0) is 24.6. The van der Waals surface area contributed by atoms with Crippen molar-refractivity contribution in [3.05, 3.63) is 74.8 Å². The van der Waals surface area contributed by atoms with E-state index in [9.17, 15) is 9.59 Å². The number of amides is 1. The van der Waals surface area contributed by atoms with E-state index in [4.69, 9.17) is 4.74 Å². The number of allylic oxidation sites excluding steroid dienone is 3. The Morgan fingerprint density at radius 1 is 1.20 bits per heavy atom. The van der Waals surface area contributed by atoms with E-state index in [-0.39, 0.29) is 23.0 Å². The molecule has 1 aliphatic carbocycles. The van der Waals surface area contributed by atoms with Gasteiger partial charge < -0.3 is 15.4 Å². The molecule has 2 aliphatic heterocycles. The number of rotatable bonds is 5. The number of nitrogens with zero attached hydrogens (tertiary/aromatic N) is 1. The van der Waals surface area contributed by atoms with Gasteiger partial charge in [0.15, 0.2) is 5.78 Å². The van der Waals surface area contributed by atoms with Crippen LogP contribution in [0.5, 0.6) is 0 Å². The summed E-state index contributed by atoms with van der Waals surface area (Å²) in [6.45, 7) is 10.4. The fraction of sp³-hybridized carbons (Fsp3) is 0.429. The highest BCUT2D eigenvalue weighted by atomic mass is 32.1. The maximum absolute atomic E-state index is 13.6. The van der Waals surface area contributed by atoms with Gasteiger partial charge in [0.1, 0.15) is 0 Å². The maximum atomic E-state index is 13.6. The molecule has 3 aliphatic rings. The van der Waals surface area contributed by atoms with Crippen molar-refractivity contribution in [1.29, 1.82) is 0 Å². The highest BCUT2D eigenvalue weighted by Crippen LogP contribution is 2.48. The summed E-state index contributed by atoms with van der Waals surface area (Å²) in [7, 11) is 0. The molecule has 3 heterocycles. The van der Waals surface area contributed by atoms with Crippen molar-refractivity contribution < 1.29 is 14.3 Å². The number of thiophene rings is 1. The summed E-state index contributed by atoms with van der Waals surface area (Å²) in [6.07, 6.45) is 1.28. The fourth-order valence-electron chi connectivity index (χ4n) is 5.39. The predicted octanol–water partition coefficient (Wildman–Crippen LogP) is 4.82. The number of hydrogen-bond donors (Lipinski definition) is 2. The molecule has 184 valence electrons. The van der Waals surface area contributed by atoms with E-state index in [1.165, 1.54) is 5.56 Å². The molecule has 6 nitrogen and oxygen atoms in total. The van der Waals surface area contributed by atoms with Crippen LogP contribution in [0, 0.1) is 5.41 Å². The molecule has 1 saturated heterocycles. The van der Waals surface area contributed by atoms with Crippen LogP contribution in [0.3, 0.4) is 0 Å². The Balaban J connectivity index is 1.51. The summed E-state index contributed by atoms with van der Waals surface area (Å²) in [5.41, 5.74) is 5.02. The van der Waals surface area contributed by atoms with Gasteiger partial charge in [-0.25, -0.2) is 0 Å². The smallest absolute Gasteiger partial charge is 0.254 e. The van der Waals surface area contributed by atoms with E-state index < -0.39 is 0 Å². The summed E-state index contributed by atoms with van der Waals surface area (Å²) in [4.78, 5) is 30.6. The molecule has 1 amide bonds.